The molecule has 0 saturated carbocycles. The van der Waals surface area contributed by atoms with Crippen LogP contribution in [-0.2, 0) is 14.4 Å². The molecule has 0 bridgehead atoms. The molecule has 1 fully saturated rings. The smallest absolute Gasteiger partial charge is 0.326 e. The van der Waals surface area contributed by atoms with Crippen LogP contribution in [0, 0.1) is 0 Å². The Morgan fingerprint density at radius 1 is 1.43 bits per heavy atom. The molecule has 2 unspecified atom stereocenters. The molecule has 120 valence electrons. The minimum atomic E-state index is -2.83. The molecule has 0 aromatic rings. The second kappa shape index (κ2) is 8.16. The molecule has 0 radical (unpaired) electrons. The SMILES string of the molecule is CCCC(=O)N1CSCC1C(=O)NC(CC(F)F)C(=O)O. The van der Waals surface area contributed by atoms with Gasteiger partial charge in [0.15, 0.2) is 0 Å². The van der Waals surface area contributed by atoms with Crippen LogP contribution in [0.4, 0.5) is 8.78 Å². The van der Waals surface area contributed by atoms with Crippen molar-refractivity contribution in [2.45, 2.75) is 44.7 Å². The molecule has 9 heteroatoms. The number of rotatable bonds is 7. The Labute approximate surface area is 125 Å². The number of halogens is 2. The summed E-state index contributed by atoms with van der Waals surface area (Å²) in [6.45, 7) is 1.83. The molecule has 6 nitrogen and oxygen atoms in total. The summed E-state index contributed by atoms with van der Waals surface area (Å²) in [5.41, 5.74) is 0. The third kappa shape index (κ3) is 5.14. The lowest BCUT2D eigenvalue weighted by Crippen LogP contribution is -2.52. The number of carbonyl (C=O) groups is 3. The number of carbonyl (C=O) groups excluding carboxylic acids is 2. The van der Waals surface area contributed by atoms with E-state index in [9.17, 15) is 23.2 Å². The van der Waals surface area contributed by atoms with E-state index in [-0.39, 0.29) is 5.91 Å². The Kier molecular flexibility index (Phi) is 6.86. The molecule has 1 heterocycles. The van der Waals surface area contributed by atoms with Gasteiger partial charge in [-0.15, -0.1) is 11.8 Å². The first-order valence-corrected chi connectivity index (χ1v) is 7.70. The first-order valence-electron chi connectivity index (χ1n) is 6.55. The molecule has 0 aliphatic carbocycles. The lowest BCUT2D eigenvalue weighted by molar-refractivity contribution is -0.144. The molecule has 1 saturated heterocycles. The topological polar surface area (TPSA) is 86.7 Å². The van der Waals surface area contributed by atoms with Crippen molar-refractivity contribution in [1.82, 2.24) is 10.2 Å². The number of hydrogen-bond donors (Lipinski definition) is 2. The molecule has 1 rings (SSSR count). The van der Waals surface area contributed by atoms with E-state index < -0.39 is 36.8 Å². The van der Waals surface area contributed by atoms with Crippen molar-refractivity contribution >= 4 is 29.5 Å². The summed E-state index contributed by atoms with van der Waals surface area (Å²) in [7, 11) is 0. The molecule has 0 spiro atoms. The molecule has 2 atom stereocenters. The quantitative estimate of drug-likeness (QED) is 0.727. The van der Waals surface area contributed by atoms with Gasteiger partial charge in [-0.05, 0) is 6.42 Å². The molecular weight excluding hydrogens is 306 g/mol. The van der Waals surface area contributed by atoms with Gasteiger partial charge in [0.2, 0.25) is 18.2 Å². The maximum atomic E-state index is 12.3. The van der Waals surface area contributed by atoms with Gasteiger partial charge in [0.25, 0.3) is 0 Å². The number of thioether (sulfide) groups is 1. The van der Waals surface area contributed by atoms with Gasteiger partial charge in [0.05, 0.1) is 5.88 Å². The number of alkyl halides is 2. The average Bonchev–Trinajstić information content (AvgIpc) is 2.86. The summed E-state index contributed by atoms with van der Waals surface area (Å²) >= 11 is 1.37. The minimum Gasteiger partial charge on any atom is -0.480 e. The van der Waals surface area contributed by atoms with Crippen LogP contribution in [-0.4, -0.2) is 57.9 Å². The third-order valence-corrected chi connectivity index (χ3v) is 4.01. The number of nitrogens with one attached hydrogen (secondary N) is 1. The highest BCUT2D eigenvalue weighted by Gasteiger charge is 2.36. The fourth-order valence-electron chi connectivity index (χ4n) is 1.93. The Morgan fingerprint density at radius 3 is 2.62 bits per heavy atom. The van der Waals surface area contributed by atoms with Gasteiger partial charge in [-0.25, -0.2) is 13.6 Å². The molecular formula is C12H18F2N2O4S. The largest absolute Gasteiger partial charge is 0.480 e. The Morgan fingerprint density at radius 2 is 2.10 bits per heavy atom. The molecule has 0 aromatic heterocycles. The fraction of sp³-hybridized carbons (Fsp3) is 0.750. The zero-order chi connectivity index (χ0) is 16.0. The molecule has 0 aromatic carbocycles. The van der Waals surface area contributed by atoms with E-state index in [2.05, 4.69) is 5.32 Å². The summed E-state index contributed by atoms with van der Waals surface area (Å²) in [6.07, 6.45) is -2.85. The number of aliphatic carboxylic acids is 1. The van der Waals surface area contributed by atoms with Crippen LogP contribution < -0.4 is 5.32 Å². The van der Waals surface area contributed by atoms with Crippen molar-refractivity contribution in [3.63, 3.8) is 0 Å². The van der Waals surface area contributed by atoms with Crippen LogP contribution in [0.3, 0.4) is 0 Å². The van der Waals surface area contributed by atoms with Crippen LogP contribution in [0.25, 0.3) is 0 Å². The third-order valence-electron chi connectivity index (χ3n) is 3.00. The van der Waals surface area contributed by atoms with Gasteiger partial charge in [0.1, 0.15) is 12.1 Å². The van der Waals surface area contributed by atoms with Crippen molar-refractivity contribution in [3.8, 4) is 0 Å². The van der Waals surface area contributed by atoms with Crippen molar-refractivity contribution in [1.29, 1.82) is 0 Å². The summed E-state index contributed by atoms with van der Waals surface area (Å²) in [6, 6.07) is -2.44. The first kappa shape index (κ1) is 17.7. The van der Waals surface area contributed by atoms with Crippen molar-refractivity contribution in [2.24, 2.45) is 0 Å². The van der Waals surface area contributed by atoms with E-state index in [4.69, 9.17) is 5.11 Å². The number of nitrogens with zero attached hydrogens (tertiary/aromatic N) is 1. The van der Waals surface area contributed by atoms with Gasteiger partial charge < -0.3 is 15.3 Å². The van der Waals surface area contributed by atoms with Crippen LogP contribution in [0.15, 0.2) is 0 Å². The zero-order valence-electron chi connectivity index (χ0n) is 11.6. The molecule has 2 N–H and O–H groups in total. The van der Waals surface area contributed by atoms with Gasteiger partial charge in [0, 0.05) is 18.6 Å². The van der Waals surface area contributed by atoms with E-state index in [0.717, 1.165) is 0 Å². The van der Waals surface area contributed by atoms with Crippen molar-refractivity contribution < 1.29 is 28.3 Å². The monoisotopic (exact) mass is 324 g/mol. The maximum Gasteiger partial charge on any atom is 0.326 e. The van der Waals surface area contributed by atoms with Crippen LogP contribution in [0.5, 0.6) is 0 Å². The number of carboxylic acids is 1. The fourth-order valence-corrected chi connectivity index (χ4v) is 3.11. The molecule has 1 aliphatic heterocycles. The summed E-state index contributed by atoms with van der Waals surface area (Å²) in [5.74, 6) is -1.71. The Hall–Kier alpha value is -1.38. The standard InChI is InChI=1S/C12H18F2N2O4S/c1-2-3-10(17)16-6-21-5-8(16)11(18)15-7(12(19)20)4-9(13)14/h7-9H,2-6H2,1H3,(H,15,18)(H,19,20). The highest BCUT2D eigenvalue weighted by molar-refractivity contribution is 7.99. The van der Waals surface area contributed by atoms with E-state index in [1.165, 1.54) is 16.7 Å². The predicted molar refractivity (Wildman–Crippen MR) is 73.1 cm³/mol. The highest BCUT2D eigenvalue weighted by atomic mass is 32.2. The second-order valence-corrected chi connectivity index (χ2v) is 5.66. The number of carboxylic acid groups (broad SMARTS) is 1. The van der Waals surface area contributed by atoms with E-state index in [1.807, 2.05) is 6.92 Å². The van der Waals surface area contributed by atoms with Gasteiger partial charge in [-0.1, -0.05) is 6.92 Å². The van der Waals surface area contributed by atoms with E-state index in [0.29, 0.717) is 24.5 Å². The highest BCUT2D eigenvalue weighted by Crippen LogP contribution is 2.22. The summed E-state index contributed by atoms with van der Waals surface area (Å²) < 4.78 is 24.6. The molecule has 1 aliphatic rings. The average molecular weight is 324 g/mol. The summed E-state index contributed by atoms with van der Waals surface area (Å²) in [5, 5.41) is 10.9. The van der Waals surface area contributed by atoms with Gasteiger partial charge in [-0.3, -0.25) is 9.59 Å². The minimum absolute atomic E-state index is 0.191. The van der Waals surface area contributed by atoms with Gasteiger partial charge >= 0.3 is 5.97 Å². The van der Waals surface area contributed by atoms with Crippen LogP contribution >= 0.6 is 11.8 Å². The maximum absolute atomic E-state index is 12.3. The molecule has 21 heavy (non-hydrogen) atoms. The van der Waals surface area contributed by atoms with Crippen molar-refractivity contribution in [2.75, 3.05) is 11.6 Å². The van der Waals surface area contributed by atoms with Crippen LogP contribution in [0.2, 0.25) is 0 Å². The lowest BCUT2D eigenvalue weighted by atomic mass is 10.1. The first-order chi connectivity index (χ1) is 9.86. The Balaban J connectivity index is 2.67. The van der Waals surface area contributed by atoms with E-state index >= 15 is 0 Å². The number of amides is 2. The van der Waals surface area contributed by atoms with Gasteiger partial charge in [-0.2, -0.15) is 0 Å². The number of hydrogen-bond acceptors (Lipinski definition) is 4. The van der Waals surface area contributed by atoms with Crippen molar-refractivity contribution in [3.05, 3.63) is 0 Å². The predicted octanol–water partition coefficient (Wildman–Crippen LogP) is 0.913. The van der Waals surface area contributed by atoms with E-state index in [1.54, 1.807) is 0 Å². The second-order valence-electron chi connectivity index (χ2n) is 4.66. The lowest BCUT2D eigenvalue weighted by Gasteiger charge is -2.24. The summed E-state index contributed by atoms with van der Waals surface area (Å²) in [4.78, 5) is 36.1. The molecule has 2 amide bonds. The van der Waals surface area contributed by atoms with Crippen LogP contribution in [0.1, 0.15) is 26.2 Å². The Bertz CT molecular complexity index is 409. The zero-order valence-corrected chi connectivity index (χ0v) is 12.4. The normalized spacial score (nSPS) is 19.6.